The lowest BCUT2D eigenvalue weighted by atomic mass is 10.0. The molecule has 0 radical (unpaired) electrons. The van der Waals surface area contributed by atoms with Gasteiger partial charge >= 0.3 is 0 Å². The summed E-state index contributed by atoms with van der Waals surface area (Å²) in [4.78, 5) is 27.6. The van der Waals surface area contributed by atoms with Crippen LogP contribution < -0.4 is 10.6 Å². The highest BCUT2D eigenvalue weighted by Gasteiger charge is 2.26. The summed E-state index contributed by atoms with van der Waals surface area (Å²) in [5, 5.41) is 10.2. The molecule has 1 fully saturated rings. The topological polar surface area (TPSA) is 88.9 Å². The maximum atomic E-state index is 12.2. The fourth-order valence-corrected chi connectivity index (χ4v) is 3.40. The number of rotatable bonds is 5. The van der Waals surface area contributed by atoms with Gasteiger partial charge in [0.25, 0.3) is 0 Å². The van der Waals surface area contributed by atoms with Gasteiger partial charge < -0.3 is 10.6 Å². The Balaban J connectivity index is 1.53. The molecule has 0 spiro atoms. The van der Waals surface area contributed by atoms with E-state index in [2.05, 4.69) is 20.7 Å². The number of carbonyl (C=O) groups excluding carboxylic acids is 2. The third-order valence-corrected chi connectivity index (χ3v) is 4.80. The second-order valence-electron chi connectivity index (χ2n) is 6.88. The molecule has 0 saturated carbocycles. The first-order valence-electron chi connectivity index (χ1n) is 9.20. The van der Waals surface area contributed by atoms with Gasteiger partial charge in [0.05, 0.1) is 0 Å². The molecule has 1 atom stereocenters. The molecule has 0 bridgehead atoms. The van der Waals surface area contributed by atoms with Crippen LogP contribution in [0.5, 0.6) is 0 Å². The first-order chi connectivity index (χ1) is 13.6. The van der Waals surface area contributed by atoms with Gasteiger partial charge in [-0.2, -0.15) is 5.10 Å². The van der Waals surface area contributed by atoms with Gasteiger partial charge in [-0.15, -0.1) is 0 Å². The third kappa shape index (κ3) is 3.78. The van der Waals surface area contributed by atoms with Crippen LogP contribution in [0.1, 0.15) is 18.4 Å². The molecule has 1 aliphatic heterocycles. The molecule has 2 N–H and O–H groups in total. The summed E-state index contributed by atoms with van der Waals surface area (Å²) < 4.78 is 1.79. The van der Waals surface area contributed by atoms with Gasteiger partial charge in [0.2, 0.25) is 11.8 Å². The van der Waals surface area contributed by atoms with Crippen molar-refractivity contribution >= 4 is 11.8 Å². The zero-order chi connectivity index (χ0) is 19.5. The first-order valence-corrected chi connectivity index (χ1v) is 9.20. The summed E-state index contributed by atoms with van der Waals surface area (Å²) in [5.74, 6) is -0.215. The molecule has 2 amide bonds. The minimum Gasteiger partial charge on any atom is -0.350 e. The monoisotopic (exact) mass is 375 g/mol. The van der Waals surface area contributed by atoms with Crippen LogP contribution >= 0.6 is 0 Å². The van der Waals surface area contributed by atoms with Gasteiger partial charge in [0.1, 0.15) is 11.7 Å². The minimum absolute atomic E-state index is 0.0686. The van der Waals surface area contributed by atoms with Crippen LogP contribution in [-0.2, 0) is 23.2 Å². The average molecular weight is 375 g/mol. The van der Waals surface area contributed by atoms with Gasteiger partial charge in [0, 0.05) is 49.7 Å². The highest BCUT2D eigenvalue weighted by Crippen LogP contribution is 2.30. The first kappa shape index (κ1) is 17.9. The van der Waals surface area contributed by atoms with Gasteiger partial charge in [-0.05, 0) is 35.7 Å². The predicted molar refractivity (Wildman–Crippen MR) is 105 cm³/mol. The van der Waals surface area contributed by atoms with Crippen molar-refractivity contribution in [2.24, 2.45) is 7.05 Å². The number of carbonyl (C=O) groups is 2. The number of hydrogen-bond donors (Lipinski definition) is 2. The molecule has 1 aliphatic rings. The van der Waals surface area contributed by atoms with E-state index < -0.39 is 6.04 Å². The smallest absolute Gasteiger partial charge is 0.242 e. The fourth-order valence-electron chi connectivity index (χ4n) is 3.40. The second kappa shape index (κ2) is 7.64. The van der Waals surface area contributed by atoms with Crippen molar-refractivity contribution in [3.8, 4) is 22.4 Å². The lowest BCUT2D eigenvalue weighted by Crippen LogP contribution is -2.41. The molecule has 1 saturated heterocycles. The molecule has 0 unspecified atom stereocenters. The van der Waals surface area contributed by atoms with Gasteiger partial charge in [-0.25, -0.2) is 0 Å². The quantitative estimate of drug-likeness (QED) is 0.714. The lowest BCUT2D eigenvalue weighted by molar-refractivity contribution is -0.125. The largest absolute Gasteiger partial charge is 0.350 e. The number of amides is 2. The van der Waals surface area contributed by atoms with Crippen molar-refractivity contribution < 1.29 is 9.59 Å². The van der Waals surface area contributed by atoms with E-state index in [1.165, 1.54) is 0 Å². The van der Waals surface area contributed by atoms with Gasteiger partial charge in [0.15, 0.2) is 0 Å². The summed E-state index contributed by atoms with van der Waals surface area (Å²) in [6.45, 7) is 0.399. The maximum absolute atomic E-state index is 12.2. The van der Waals surface area contributed by atoms with Crippen molar-refractivity contribution in [1.82, 2.24) is 25.4 Å². The van der Waals surface area contributed by atoms with Crippen molar-refractivity contribution in [2.75, 3.05) is 0 Å². The highest BCUT2D eigenvalue weighted by atomic mass is 16.2. The Morgan fingerprint density at radius 3 is 2.82 bits per heavy atom. The molecule has 2 aromatic heterocycles. The lowest BCUT2D eigenvalue weighted by Gasteiger charge is -2.11. The number of nitrogens with zero attached hydrogens (tertiary/aromatic N) is 3. The average Bonchev–Trinajstić information content (AvgIpc) is 3.33. The van der Waals surface area contributed by atoms with Crippen LogP contribution in [0.3, 0.4) is 0 Å². The van der Waals surface area contributed by atoms with Crippen LogP contribution in [0.4, 0.5) is 0 Å². The third-order valence-electron chi connectivity index (χ3n) is 4.80. The molecule has 28 heavy (non-hydrogen) atoms. The van der Waals surface area contributed by atoms with E-state index in [0.717, 1.165) is 27.9 Å². The summed E-state index contributed by atoms with van der Waals surface area (Å²) in [6, 6.07) is 11.5. The number of hydrogen-bond acceptors (Lipinski definition) is 4. The van der Waals surface area contributed by atoms with Crippen molar-refractivity contribution in [3.63, 3.8) is 0 Å². The number of aromatic nitrogens is 3. The van der Waals surface area contributed by atoms with Crippen molar-refractivity contribution in [2.45, 2.75) is 25.4 Å². The molecular formula is C21H21N5O2. The molecule has 3 aromatic rings. The Morgan fingerprint density at radius 2 is 2.07 bits per heavy atom. The van der Waals surface area contributed by atoms with Crippen LogP contribution in [0.15, 0.2) is 55.0 Å². The Labute approximate surface area is 162 Å². The number of pyridine rings is 1. The summed E-state index contributed by atoms with van der Waals surface area (Å²) in [6.07, 6.45) is 6.47. The molecule has 0 aliphatic carbocycles. The van der Waals surface area contributed by atoms with Crippen LogP contribution in [0.2, 0.25) is 0 Å². The number of nitrogens with one attached hydrogen (secondary N) is 2. The molecule has 1 aromatic carbocycles. The van der Waals surface area contributed by atoms with Gasteiger partial charge in [-0.1, -0.05) is 18.2 Å². The number of aryl methyl sites for hydroxylation is 1. The predicted octanol–water partition coefficient (Wildman–Crippen LogP) is 2.04. The Hall–Kier alpha value is -3.48. The zero-order valence-electron chi connectivity index (χ0n) is 15.6. The van der Waals surface area contributed by atoms with E-state index in [-0.39, 0.29) is 11.8 Å². The highest BCUT2D eigenvalue weighted by molar-refractivity contribution is 5.90. The molecule has 7 heteroatoms. The molecule has 3 heterocycles. The second-order valence-corrected chi connectivity index (χ2v) is 6.88. The van der Waals surface area contributed by atoms with E-state index in [4.69, 9.17) is 0 Å². The Kier molecular flexibility index (Phi) is 4.89. The Morgan fingerprint density at radius 1 is 1.25 bits per heavy atom. The van der Waals surface area contributed by atoms with E-state index in [0.29, 0.717) is 19.4 Å². The molecule has 142 valence electrons. The molecular weight excluding hydrogens is 354 g/mol. The zero-order valence-corrected chi connectivity index (χ0v) is 15.6. The normalized spacial score (nSPS) is 16.0. The van der Waals surface area contributed by atoms with Gasteiger partial charge in [-0.3, -0.25) is 19.3 Å². The Bertz CT molecular complexity index is 1010. The van der Waals surface area contributed by atoms with Crippen molar-refractivity contribution in [3.05, 3.63) is 60.6 Å². The maximum Gasteiger partial charge on any atom is 0.242 e. The fraction of sp³-hybridized carbons (Fsp3) is 0.238. The summed E-state index contributed by atoms with van der Waals surface area (Å²) >= 11 is 0. The molecule has 7 nitrogen and oxygen atoms in total. The molecule has 4 rings (SSSR count). The standard InChI is InChI=1S/C21H21N5O2/c1-26-13-17(15-7-9-22-10-8-15)20(25-26)16-4-2-3-14(11-16)12-23-21(28)18-5-6-19(27)24-18/h2-4,7-11,13,18H,5-6,12H2,1H3,(H,23,28)(H,24,27)/t18-/m0/s1. The van der Waals surface area contributed by atoms with Crippen LogP contribution in [0.25, 0.3) is 22.4 Å². The summed E-state index contributed by atoms with van der Waals surface area (Å²) in [5.41, 5.74) is 4.91. The minimum atomic E-state index is -0.426. The van der Waals surface area contributed by atoms with Crippen LogP contribution in [0, 0.1) is 0 Å². The van der Waals surface area contributed by atoms with Crippen molar-refractivity contribution in [1.29, 1.82) is 0 Å². The SMILES string of the molecule is Cn1cc(-c2ccncc2)c(-c2cccc(CNC(=O)[C@@H]3CCC(=O)N3)c2)n1. The number of benzene rings is 1. The van der Waals surface area contributed by atoms with E-state index in [1.54, 1.807) is 17.1 Å². The summed E-state index contributed by atoms with van der Waals surface area (Å²) in [7, 11) is 1.90. The van der Waals surface area contributed by atoms with Crippen LogP contribution in [-0.4, -0.2) is 32.6 Å². The van der Waals surface area contributed by atoms with E-state index in [9.17, 15) is 9.59 Å². The van der Waals surface area contributed by atoms with E-state index in [1.807, 2.05) is 49.6 Å². The van der Waals surface area contributed by atoms with E-state index >= 15 is 0 Å².